The lowest BCUT2D eigenvalue weighted by Gasteiger charge is -2.09. The van der Waals surface area contributed by atoms with Crippen molar-refractivity contribution in [3.05, 3.63) is 47.8 Å². The van der Waals surface area contributed by atoms with E-state index in [2.05, 4.69) is 19.9 Å². The first kappa shape index (κ1) is 15.0. The number of thioether (sulfide) groups is 1. The second-order valence-electron chi connectivity index (χ2n) is 5.47. The van der Waals surface area contributed by atoms with Crippen LogP contribution < -0.4 is 10.1 Å². The lowest BCUT2D eigenvalue weighted by molar-refractivity contribution is 0.0951. The maximum Gasteiger partial charge on any atom is 0.252 e. The topological polar surface area (TPSA) is 69.0 Å². The summed E-state index contributed by atoms with van der Waals surface area (Å²) < 4.78 is 7.33. The molecule has 7 heteroatoms. The number of hydrogen-bond acceptors (Lipinski definition) is 5. The molecule has 0 spiro atoms. The molecule has 3 heterocycles. The van der Waals surface area contributed by atoms with E-state index in [4.69, 9.17) is 4.74 Å². The number of carbonyl (C=O) groups is 1. The van der Waals surface area contributed by atoms with Crippen LogP contribution in [0.5, 0.6) is 5.88 Å². The minimum atomic E-state index is -0.160. The van der Waals surface area contributed by atoms with Gasteiger partial charge in [0.05, 0.1) is 30.4 Å². The Kier molecular flexibility index (Phi) is 3.86. The summed E-state index contributed by atoms with van der Waals surface area (Å²) in [7, 11) is 1.54. The van der Waals surface area contributed by atoms with Crippen molar-refractivity contribution in [1.29, 1.82) is 0 Å². The van der Waals surface area contributed by atoms with Crippen LogP contribution in [0.3, 0.4) is 0 Å². The highest BCUT2D eigenvalue weighted by molar-refractivity contribution is 7.99. The van der Waals surface area contributed by atoms with Crippen molar-refractivity contribution in [1.82, 2.24) is 19.9 Å². The van der Waals surface area contributed by atoms with Crippen molar-refractivity contribution in [3.8, 4) is 5.88 Å². The molecular weight excluding hydrogens is 324 g/mol. The van der Waals surface area contributed by atoms with E-state index in [0.29, 0.717) is 18.0 Å². The number of rotatable bonds is 4. The van der Waals surface area contributed by atoms with Crippen molar-refractivity contribution in [2.75, 3.05) is 12.9 Å². The number of nitrogens with zero attached hydrogens (tertiary/aromatic N) is 3. The molecule has 1 aliphatic heterocycles. The zero-order valence-corrected chi connectivity index (χ0v) is 14.0. The zero-order valence-electron chi connectivity index (χ0n) is 13.2. The molecule has 24 heavy (non-hydrogen) atoms. The van der Waals surface area contributed by atoms with Crippen LogP contribution in [0.15, 0.2) is 41.7 Å². The number of ether oxygens (including phenoxy) is 1. The Morgan fingerprint density at radius 1 is 1.38 bits per heavy atom. The third-order valence-corrected chi connectivity index (χ3v) is 4.90. The molecule has 4 rings (SSSR count). The molecule has 0 atom stereocenters. The van der Waals surface area contributed by atoms with Crippen LogP contribution in [0, 0.1) is 0 Å². The number of carbonyl (C=O) groups excluding carboxylic acids is 1. The first-order valence-electron chi connectivity index (χ1n) is 7.65. The second-order valence-corrected chi connectivity index (χ2v) is 6.53. The number of imidazole rings is 1. The summed E-state index contributed by atoms with van der Waals surface area (Å²) in [6, 6.07) is 9.20. The van der Waals surface area contributed by atoms with Gasteiger partial charge in [0.2, 0.25) is 5.88 Å². The number of benzene rings is 1. The maximum absolute atomic E-state index is 12.6. The summed E-state index contributed by atoms with van der Waals surface area (Å²) >= 11 is 1.74. The van der Waals surface area contributed by atoms with Crippen LogP contribution in [0.4, 0.5) is 0 Å². The lowest BCUT2D eigenvalue weighted by Crippen LogP contribution is -2.23. The molecule has 2 aromatic heterocycles. The van der Waals surface area contributed by atoms with Crippen molar-refractivity contribution >= 4 is 28.6 Å². The average Bonchev–Trinajstić information content (AvgIpc) is 3.20. The highest BCUT2D eigenvalue weighted by Gasteiger charge is 2.16. The van der Waals surface area contributed by atoms with Gasteiger partial charge in [0, 0.05) is 29.9 Å². The quantitative estimate of drug-likeness (QED) is 0.790. The van der Waals surface area contributed by atoms with Gasteiger partial charge in [-0.2, -0.15) is 0 Å². The fraction of sp³-hybridized carbons (Fsp3) is 0.235. The van der Waals surface area contributed by atoms with Crippen LogP contribution in [0.25, 0.3) is 10.9 Å². The second kappa shape index (κ2) is 6.16. The molecule has 0 aliphatic carbocycles. The van der Waals surface area contributed by atoms with Gasteiger partial charge in [0.15, 0.2) is 5.16 Å². The van der Waals surface area contributed by atoms with Crippen LogP contribution in [-0.2, 0) is 13.1 Å². The van der Waals surface area contributed by atoms with Crippen molar-refractivity contribution in [2.45, 2.75) is 18.2 Å². The van der Waals surface area contributed by atoms with Crippen LogP contribution in [-0.4, -0.2) is 33.3 Å². The van der Waals surface area contributed by atoms with Gasteiger partial charge in [-0.1, -0.05) is 30.0 Å². The number of aromatic nitrogens is 3. The molecule has 1 aliphatic rings. The number of methoxy groups -OCH3 is 1. The number of hydrogen-bond donors (Lipinski definition) is 1. The smallest absolute Gasteiger partial charge is 0.252 e. The SMILES string of the molecule is COc1cc(C(=O)NCc2cn3c(n2)SCC3)c2ccccc2n1. The summed E-state index contributed by atoms with van der Waals surface area (Å²) in [6.07, 6.45) is 2.00. The molecule has 0 bridgehead atoms. The van der Waals surface area contributed by atoms with Crippen LogP contribution in [0.2, 0.25) is 0 Å². The highest BCUT2D eigenvalue weighted by atomic mass is 32.2. The largest absolute Gasteiger partial charge is 0.481 e. The molecule has 3 aromatic rings. The van der Waals surface area contributed by atoms with Crippen LogP contribution >= 0.6 is 11.8 Å². The molecule has 0 radical (unpaired) electrons. The third kappa shape index (κ3) is 2.71. The van der Waals surface area contributed by atoms with E-state index < -0.39 is 0 Å². The highest BCUT2D eigenvalue weighted by Crippen LogP contribution is 2.25. The Labute approximate surface area is 143 Å². The van der Waals surface area contributed by atoms with E-state index in [9.17, 15) is 4.79 Å². The molecule has 6 nitrogen and oxygen atoms in total. The van der Waals surface area contributed by atoms with Crippen molar-refractivity contribution in [3.63, 3.8) is 0 Å². The first-order chi connectivity index (χ1) is 11.7. The van der Waals surface area contributed by atoms with Gasteiger partial charge in [0.1, 0.15) is 0 Å². The number of para-hydroxylation sites is 1. The Bertz CT molecular complexity index is 901. The zero-order chi connectivity index (χ0) is 16.5. The number of aryl methyl sites for hydroxylation is 1. The van der Waals surface area contributed by atoms with E-state index in [1.165, 1.54) is 0 Å². The minimum Gasteiger partial charge on any atom is -0.481 e. The van der Waals surface area contributed by atoms with Gasteiger partial charge in [-0.15, -0.1) is 0 Å². The van der Waals surface area contributed by atoms with Gasteiger partial charge in [-0.05, 0) is 6.07 Å². The summed E-state index contributed by atoms with van der Waals surface area (Å²) in [5, 5.41) is 4.77. The summed E-state index contributed by atoms with van der Waals surface area (Å²) in [6.45, 7) is 1.38. The lowest BCUT2D eigenvalue weighted by atomic mass is 10.1. The molecule has 1 aromatic carbocycles. The fourth-order valence-electron chi connectivity index (χ4n) is 2.76. The molecule has 0 fully saturated rings. The van der Waals surface area contributed by atoms with Crippen molar-refractivity contribution < 1.29 is 9.53 Å². The van der Waals surface area contributed by atoms with E-state index in [0.717, 1.165) is 34.1 Å². The van der Waals surface area contributed by atoms with E-state index >= 15 is 0 Å². The Balaban J connectivity index is 1.58. The summed E-state index contributed by atoms with van der Waals surface area (Å²) in [5.74, 6) is 1.33. The number of nitrogens with one attached hydrogen (secondary N) is 1. The molecule has 1 amide bonds. The van der Waals surface area contributed by atoms with Gasteiger partial charge in [-0.25, -0.2) is 9.97 Å². The van der Waals surface area contributed by atoms with E-state index in [1.54, 1.807) is 24.9 Å². The standard InChI is InChI=1S/C17H16N4O2S/c1-23-15-8-13(12-4-2-3-5-14(12)20-15)16(22)18-9-11-10-21-6-7-24-17(21)19-11/h2-5,8,10H,6-7,9H2,1H3,(H,18,22). The fourth-order valence-corrected chi connectivity index (χ4v) is 3.72. The predicted octanol–water partition coefficient (Wildman–Crippen LogP) is 2.48. The van der Waals surface area contributed by atoms with E-state index in [1.807, 2.05) is 30.5 Å². The molecule has 1 N–H and O–H groups in total. The number of fused-ring (bicyclic) bond motifs is 2. The summed E-state index contributed by atoms with van der Waals surface area (Å²) in [5.41, 5.74) is 2.16. The minimum absolute atomic E-state index is 0.160. The Morgan fingerprint density at radius 2 is 2.25 bits per heavy atom. The Morgan fingerprint density at radius 3 is 3.08 bits per heavy atom. The van der Waals surface area contributed by atoms with E-state index in [-0.39, 0.29) is 5.91 Å². The monoisotopic (exact) mass is 340 g/mol. The van der Waals surface area contributed by atoms with Gasteiger partial charge in [-0.3, -0.25) is 4.79 Å². The van der Waals surface area contributed by atoms with Crippen molar-refractivity contribution in [2.24, 2.45) is 0 Å². The van der Waals surface area contributed by atoms with Gasteiger partial charge >= 0.3 is 0 Å². The number of pyridine rings is 1. The third-order valence-electron chi connectivity index (χ3n) is 3.93. The summed E-state index contributed by atoms with van der Waals surface area (Å²) in [4.78, 5) is 21.5. The van der Waals surface area contributed by atoms with Gasteiger partial charge < -0.3 is 14.6 Å². The average molecular weight is 340 g/mol. The molecule has 0 saturated carbocycles. The molecule has 0 unspecified atom stereocenters. The predicted molar refractivity (Wildman–Crippen MR) is 92.4 cm³/mol. The van der Waals surface area contributed by atoms with Crippen LogP contribution in [0.1, 0.15) is 16.1 Å². The number of amides is 1. The van der Waals surface area contributed by atoms with Gasteiger partial charge in [0.25, 0.3) is 5.91 Å². The molecule has 0 saturated heterocycles. The molecular formula is C17H16N4O2S. The normalized spacial score (nSPS) is 13.0. The Hall–Kier alpha value is -2.54. The maximum atomic E-state index is 12.6. The molecule has 122 valence electrons. The first-order valence-corrected chi connectivity index (χ1v) is 8.64.